The van der Waals surface area contributed by atoms with Crippen molar-refractivity contribution >= 4 is 0 Å². The van der Waals surface area contributed by atoms with E-state index in [9.17, 15) is 0 Å². The molecule has 76 valence electrons. The Kier molecular flexibility index (Phi) is 2.89. The largest absolute Gasteiger partial charge is 0.376 e. The van der Waals surface area contributed by atoms with Crippen LogP contribution in [0, 0.1) is 5.92 Å². The third-order valence-electron chi connectivity index (χ3n) is 3.45. The van der Waals surface area contributed by atoms with Crippen molar-refractivity contribution in [2.24, 2.45) is 5.92 Å². The molecule has 1 saturated carbocycles. The van der Waals surface area contributed by atoms with Crippen molar-refractivity contribution in [1.82, 2.24) is 4.90 Å². The molecule has 1 aliphatic heterocycles. The lowest BCUT2D eigenvalue weighted by molar-refractivity contribution is -0.0578. The van der Waals surface area contributed by atoms with E-state index in [4.69, 9.17) is 4.74 Å². The zero-order chi connectivity index (χ0) is 9.26. The molecule has 0 amide bonds. The predicted molar refractivity (Wildman–Crippen MR) is 53.8 cm³/mol. The SMILES string of the molecule is CC1CN(CC2CCC2)C(C)CO1. The van der Waals surface area contributed by atoms with Gasteiger partial charge in [0, 0.05) is 19.1 Å². The molecule has 0 aromatic heterocycles. The van der Waals surface area contributed by atoms with E-state index in [1.807, 2.05) is 0 Å². The maximum Gasteiger partial charge on any atom is 0.0674 e. The van der Waals surface area contributed by atoms with Gasteiger partial charge in [-0.05, 0) is 32.6 Å². The lowest BCUT2D eigenvalue weighted by Gasteiger charge is -2.40. The van der Waals surface area contributed by atoms with Crippen LogP contribution in [0.5, 0.6) is 0 Å². The van der Waals surface area contributed by atoms with Crippen molar-refractivity contribution in [2.75, 3.05) is 19.7 Å². The smallest absolute Gasteiger partial charge is 0.0674 e. The summed E-state index contributed by atoms with van der Waals surface area (Å²) in [7, 11) is 0. The Hall–Kier alpha value is -0.0800. The van der Waals surface area contributed by atoms with E-state index in [-0.39, 0.29) is 0 Å². The van der Waals surface area contributed by atoms with Gasteiger partial charge in [0.15, 0.2) is 0 Å². The molecule has 0 aromatic carbocycles. The van der Waals surface area contributed by atoms with Gasteiger partial charge in [0.05, 0.1) is 12.7 Å². The molecule has 2 aliphatic rings. The van der Waals surface area contributed by atoms with Crippen LogP contribution >= 0.6 is 0 Å². The van der Waals surface area contributed by atoms with E-state index in [2.05, 4.69) is 18.7 Å². The van der Waals surface area contributed by atoms with Crippen molar-refractivity contribution in [3.8, 4) is 0 Å². The molecule has 2 atom stereocenters. The first-order valence-electron chi connectivity index (χ1n) is 5.61. The molecule has 1 aliphatic carbocycles. The summed E-state index contributed by atoms with van der Waals surface area (Å²) in [4.78, 5) is 2.61. The number of hydrogen-bond acceptors (Lipinski definition) is 2. The highest BCUT2D eigenvalue weighted by Gasteiger charge is 2.27. The van der Waals surface area contributed by atoms with Gasteiger partial charge in [0.25, 0.3) is 0 Å². The van der Waals surface area contributed by atoms with E-state index >= 15 is 0 Å². The second kappa shape index (κ2) is 3.97. The van der Waals surface area contributed by atoms with Crippen molar-refractivity contribution < 1.29 is 4.74 Å². The van der Waals surface area contributed by atoms with Gasteiger partial charge in [-0.2, -0.15) is 0 Å². The summed E-state index contributed by atoms with van der Waals surface area (Å²) in [6.45, 7) is 7.84. The van der Waals surface area contributed by atoms with Gasteiger partial charge >= 0.3 is 0 Å². The zero-order valence-corrected chi connectivity index (χ0v) is 8.83. The van der Waals surface area contributed by atoms with Crippen LogP contribution in [-0.4, -0.2) is 36.7 Å². The summed E-state index contributed by atoms with van der Waals surface area (Å²) < 4.78 is 5.61. The first-order valence-corrected chi connectivity index (χ1v) is 5.61. The van der Waals surface area contributed by atoms with Gasteiger partial charge in [-0.15, -0.1) is 0 Å². The van der Waals surface area contributed by atoms with Crippen molar-refractivity contribution in [3.05, 3.63) is 0 Å². The molecule has 2 nitrogen and oxygen atoms in total. The predicted octanol–water partition coefficient (Wildman–Crippen LogP) is 1.90. The maximum absolute atomic E-state index is 5.61. The molecule has 2 rings (SSSR count). The summed E-state index contributed by atoms with van der Waals surface area (Å²) >= 11 is 0. The van der Waals surface area contributed by atoms with Gasteiger partial charge in [0.2, 0.25) is 0 Å². The van der Waals surface area contributed by atoms with Crippen LogP contribution in [0.15, 0.2) is 0 Å². The Labute approximate surface area is 81.3 Å². The Bertz CT molecular complexity index is 167. The van der Waals surface area contributed by atoms with Crippen LogP contribution in [0.4, 0.5) is 0 Å². The second-order valence-corrected chi connectivity index (χ2v) is 4.74. The highest BCUT2D eigenvalue weighted by atomic mass is 16.5. The minimum absolute atomic E-state index is 0.441. The monoisotopic (exact) mass is 183 g/mol. The summed E-state index contributed by atoms with van der Waals surface area (Å²) in [6.07, 6.45) is 4.81. The molecule has 13 heavy (non-hydrogen) atoms. The van der Waals surface area contributed by atoms with Crippen LogP contribution in [0.25, 0.3) is 0 Å². The van der Waals surface area contributed by atoms with E-state index < -0.39 is 0 Å². The molecule has 2 heteroatoms. The van der Waals surface area contributed by atoms with Crippen molar-refractivity contribution in [1.29, 1.82) is 0 Å². The van der Waals surface area contributed by atoms with Gasteiger partial charge in [0.1, 0.15) is 0 Å². The number of morpholine rings is 1. The fourth-order valence-electron chi connectivity index (χ4n) is 2.23. The van der Waals surface area contributed by atoms with E-state index in [1.54, 1.807) is 0 Å². The van der Waals surface area contributed by atoms with Crippen molar-refractivity contribution in [2.45, 2.75) is 45.3 Å². The number of rotatable bonds is 2. The minimum atomic E-state index is 0.441. The fraction of sp³-hybridized carbons (Fsp3) is 1.00. The highest BCUT2D eigenvalue weighted by molar-refractivity contribution is 4.80. The van der Waals surface area contributed by atoms with Crippen molar-refractivity contribution in [3.63, 3.8) is 0 Å². The van der Waals surface area contributed by atoms with E-state index in [1.165, 1.54) is 25.8 Å². The quantitative estimate of drug-likeness (QED) is 0.648. The molecule has 1 heterocycles. The standard InChI is InChI=1S/C11H21NO/c1-9-8-13-10(2)6-12(9)7-11-4-3-5-11/h9-11H,3-8H2,1-2H3. The Morgan fingerprint density at radius 1 is 1.31 bits per heavy atom. The summed E-state index contributed by atoms with van der Waals surface area (Å²) in [5.41, 5.74) is 0. The molecule has 0 bridgehead atoms. The number of ether oxygens (including phenoxy) is 1. The average molecular weight is 183 g/mol. The molecule has 2 fully saturated rings. The molecule has 0 spiro atoms. The Balaban J connectivity index is 1.80. The lowest BCUT2D eigenvalue weighted by atomic mass is 9.84. The molecule has 1 saturated heterocycles. The normalized spacial score (nSPS) is 37.4. The van der Waals surface area contributed by atoms with E-state index in [0.717, 1.165) is 19.1 Å². The Morgan fingerprint density at radius 2 is 2.08 bits per heavy atom. The zero-order valence-electron chi connectivity index (χ0n) is 8.83. The molecular weight excluding hydrogens is 162 g/mol. The molecule has 0 N–H and O–H groups in total. The van der Waals surface area contributed by atoms with Crippen LogP contribution in [0.3, 0.4) is 0 Å². The fourth-order valence-corrected chi connectivity index (χ4v) is 2.23. The molecular formula is C11H21NO. The highest BCUT2D eigenvalue weighted by Crippen LogP contribution is 2.28. The van der Waals surface area contributed by atoms with Crippen LogP contribution in [0.1, 0.15) is 33.1 Å². The van der Waals surface area contributed by atoms with Gasteiger partial charge in [-0.25, -0.2) is 0 Å². The lowest BCUT2D eigenvalue weighted by Crippen LogP contribution is -2.49. The first-order chi connectivity index (χ1) is 6.25. The maximum atomic E-state index is 5.61. The van der Waals surface area contributed by atoms with Gasteiger partial charge < -0.3 is 4.74 Å². The van der Waals surface area contributed by atoms with Crippen LogP contribution in [-0.2, 0) is 4.74 Å². The van der Waals surface area contributed by atoms with Gasteiger partial charge in [-0.1, -0.05) is 6.42 Å². The topological polar surface area (TPSA) is 12.5 Å². The summed E-state index contributed by atoms with van der Waals surface area (Å²) in [5.74, 6) is 0.993. The average Bonchev–Trinajstić information content (AvgIpc) is 2.03. The molecule has 0 radical (unpaired) electrons. The molecule has 0 aromatic rings. The first kappa shape index (κ1) is 9.47. The van der Waals surface area contributed by atoms with Gasteiger partial charge in [-0.3, -0.25) is 4.90 Å². The minimum Gasteiger partial charge on any atom is -0.376 e. The van der Waals surface area contributed by atoms with E-state index in [0.29, 0.717) is 12.1 Å². The number of nitrogens with zero attached hydrogens (tertiary/aromatic N) is 1. The third kappa shape index (κ3) is 2.23. The van der Waals surface area contributed by atoms with Crippen LogP contribution in [0.2, 0.25) is 0 Å². The summed E-state index contributed by atoms with van der Waals surface area (Å²) in [5, 5.41) is 0. The second-order valence-electron chi connectivity index (χ2n) is 4.74. The Morgan fingerprint density at radius 3 is 2.69 bits per heavy atom. The summed E-state index contributed by atoms with van der Waals surface area (Å²) in [6, 6.07) is 0.636. The third-order valence-corrected chi connectivity index (χ3v) is 3.45. The number of hydrogen-bond donors (Lipinski definition) is 0. The van der Waals surface area contributed by atoms with Crippen LogP contribution < -0.4 is 0 Å². The molecule has 2 unspecified atom stereocenters.